The van der Waals surface area contributed by atoms with E-state index in [1.54, 1.807) is 21.3 Å². The molecule has 2 aromatic carbocycles. The molecule has 1 atom stereocenters. The zero-order valence-electron chi connectivity index (χ0n) is 17.3. The molecular weight excluding hydrogens is 356 g/mol. The molecule has 2 aliphatic rings. The number of methoxy groups -OCH3 is 3. The molecule has 0 fully saturated rings. The highest BCUT2D eigenvalue weighted by atomic mass is 16.7. The van der Waals surface area contributed by atoms with Crippen LogP contribution in [0.25, 0.3) is 5.57 Å². The second kappa shape index (κ2) is 6.54. The zero-order valence-corrected chi connectivity index (χ0v) is 17.3. The van der Waals surface area contributed by atoms with E-state index in [0.29, 0.717) is 6.61 Å². The van der Waals surface area contributed by atoms with Crippen molar-refractivity contribution in [2.24, 2.45) is 0 Å². The lowest BCUT2D eigenvalue weighted by atomic mass is 9.77. The Morgan fingerprint density at radius 3 is 2.50 bits per heavy atom. The van der Waals surface area contributed by atoms with Crippen molar-refractivity contribution in [3.05, 3.63) is 58.2 Å². The number of ether oxygens (including phenoxy) is 5. The van der Waals surface area contributed by atoms with Crippen molar-refractivity contribution in [1.82, 2.24) is 0 Å². The van der Waals surface area contributed by atoms with E-state index < -0.39 is 5.79 Å². The summed E-state index contributed by atoms with van der Waals surface area (Å²) in [5.41, 5.74) is 6.61. The lowest BCUT2D eigenvalue weighted by Gasteiger charge is -2.39. The summed E-state index contributed by atoms with van der Waals surface area (Å²) < 4.78 is 29.7. The molecular formula is C23H26O5. The highest BCUT2D eigenvalue weighted by Crippen LogP contribution is 2.55. The minimum atomic E-state index is -0.734. The van der Waals surface area contributed by atoms with Gasteiger partial charge in [-0.2, -0.15) is 0 Å². The van der Waals surface area contributed by atoms with E-state index in [1.165, 1.54) is 0 Å². The molecule has 5 heteroatoms. The molecule has 2 aromatic rings. The maximum absolute atomic E-state index is 6.33. The van der Waals surface area contributed by atoms with Gasteiger partial charge in [0.25, 0.3) is 0 Å². The Morgan fingerprint density at radius 2 is 1.86 bits per heavy atom. The molecule has 5 nitrogen and oxygen atoms in total. The van der Waals surface area contributed by atoms with Crippen molar-refractivity contribution in [3.63, 3.8) is 0 Å². The van der Waals surface area contributed by atoms with Gasteiger partial charge in [-0.05, 0) is 24.1 Å². The van der Waals surface area contributed by atoms with E-state index in [-0.39, 0.29) is 6.10 Å². The van der Waals surface area contributed by atoms with Crippen LogP contribution in [0.1, 0.15) is 53.3 Å². The van der Waals surface area contributed by atoms with Gasteiger partial charge in [0, 0.05) is 48.8 Å². The van der Waals surface area contributed by atoms with Crippen LogP contribution >= 0.6 is 0 Å². The molecule has 1 heterocycles. The van der Waals surface area contributed by atoms with Gasteiger partial charge in [-0.3, -0.25) is 0 Å². The number of hydrogen-bond acceptors (Lipinski definition) is 5. The summed E-state index contributed by atoms with van der Waals surface area (Å²) in [5.74, 6) is 1.59. The predicted molar refractivity (Wildman–Crippen MR) is 107 cm³/mol. The molecule has 148 valence electrons. The third kappa shape index (κ3) is 2.54. The van der Waals surface area contributed by atoms with Gasteiger partial charge < -0.3 is 23.7 Å². The molecule has 0 amide bonds. The fourth-order valence-electron chi connectivity index (χ4n) is 4.28. The first-order valence-corrected chi connectivity index (χ1v) is 9.30. The number of benzene rings is 2. The Balaban J connectivity index is 2.10. The maximum Gasteiger partial charge on any atom is 0.205 e. The third-order valence-electron chi connectivity index (χ3n) is 5.60. The number of hydrogen-bond donors (Lipinski definition) is 0. The second-order valence-corrected chi connectivity index (χ2v) is 7.56. The predicted octanol–water partition coefficient (Wildman–Crippen LogP) is 4.77. The summed E-state index contributed by atoms with van der Waals surface area (Å²) in [6.45, 7) is 10.7. The summed E-state index contributed by atoms with van der Waals surface area (Å²) in [6.07, 6.45) is -0.371. The number of rotatable bonds is 3. The van der Waals surface area contributed by atoms with Crippen LogP contribution in [0.5, 0.6) is 17.2 Å². The lowest BCUT2D eigenvalue weighted by molar-refractivity contribution is -0.181. The summed E-state index contributed by atoms with van der Waals surface area (Å²) in [7, 11) is 5.04. The first-order valence-electron chi connectivity index (χ1n) is 9.30. The molecule has 0 radical (unpaired) electrons. The van der Waals surface area contributed by atoms with Gasteiger partial charge >= 0.3 is 0 Å². The molecule has 0 saturated heterocycles. The molecule has 28 heavy (non-hydrogen) atoms. The monoisotopic (exact) mass is 382 g/mol. The molecule has 0 saturated carbocycles. The largest absolute Gasteiger partial charge is 0.496 e. The smallest absolute Gasteiger partial charge is 0.205 e. The van der Waals surface area contributed by atoms with E-state index in [2.05, 4.69) is 6.58 Å². The highest BCUT2D eigenvalue weighted by molar-refractivity contribution is 5.91. The van der Waals surface area contributed by atoms with Crippen LogP contribution in [0.15, 0.2) is 24.8 Å². The Labute approximate surface area is 165 Å². The van der Waals surface area contributed by atoms with Gasteiger partial charge in [-0.25, -0.2) is 0 Å². The molecule has 4 rings (SSSR count). The molecule has 0 spiro atoms. The Kier molecular flexibility index (Phi) is 4.40. The summed E-state index contributed by atoms with van der Waals surface area (Å²) >= 11 is 0. The number of fused-ring (bicyclic) bond motifs is 4. The quantitative estimate of drug-likeness (QED) is 0.765. The maximum atomic E-state index is 6.33. The Morgan fingerprint density at radius 1 is 1.11 bits per heavy atom. The van der Waals surface area contributed by atoms with Gasteiger partial charge in [0.1, 0.15) is 23.4 Å². The molecule has 1 aliphatic carbocycles. The lowest BCUT2D eigenvalue weighted by Crippen LogP contribution is -2.37. The van der Waals surface area contributed by atoms with Crippen molar-refractivity contribution in [1.29, 1.82) is 0 Å². The molecule has 0 aromatic heterocycles. The highest BCUT2D eigenvalue weighted by Gasteiger charge is 2.41. The summed E-state index contributed by atoms with van der Waals surface area (Å²) in [6, 6.07) is 5.94. The van der Waals surface area contributed by atoms with Crippen molar-refractivity contribution in [2.75, 3.05) is 21.3 Å². The average molecular weight is 382 g/mol. The zero-order chi connectivity index (χ0) is 20.2. The van der Waals surface area contributed by atoms with Gasteiger partial charge in [0.15, 0.2) is 0 Å². The van der Waals surface area contributed by atoms with E-state index in [4.69, 9.17) is 23.7 Å². The fraction of sp³-hybridized carbons (Fsp3) is 0.391. The van der Waals surface area contributed by atoms with Crippen LogP contribution in [-0.4, -0.2) is 27.1 Å². The summed E-state index contributed by atoms with van der Waals surface area (Å²) in [4.78, 5) is 0. The minimum absolute atomic E-state index is 0.371. The van der Waals surface area contributed by atoms with Crippen molar-refractivity contribution >= 4 is 5.57 Å². The van der Waals surface area contributed by atoms with E-state index >= 15 is 0 Å². The van der Waals surface area contributed by atoms with E-state index in [0.717, 1.165) is 56.2 Å². The SMILES string of the molecule is C=C1c2cccc(OC)c2[C@@H](OC)c2c3c(c(C)c(OC)c21)COC(C)(C)O3. The van der Waals surface area contributed by atoms with Crippen molar-refractivity contribution < 1.29 is 23.7 Å². The van der Waals surface area contributed by atoms with Crippen LogP contribution < -0.4 is 14.2 Å². The first kappa shape index (κ1) is 18.8. The van der Waals surface area contributed by atoms with Crippen LogP contribution in [-0.2, 0) is 16.1 Å². The van der Waals surface area contributed by atoms with Crippen molar-refractivity contribution in [3.8, 4) is 17.2 Å². The van der Waals surface area contributed by atoms with E-state index in [1.807, 2.05) is 39.0 Å². The van der Waals surface area contributed by atoms with Crippen LogP contribution in [0.2, 0.25) is 0 Å². The fourth-order valence-corrected chi connectivity index (χ4v) is 4.28. The third-order valence-corrected chi connectivity index (χ3v) is 5.60. The first-order chi connectivity index (χ1) is 13.3. The normalized spacial score (nSPS) is 19.2. The van der Waals surface area contributed by atoms with Gasteiger partial charge in [0.2, 0.25) is 5.79 Å². The van der Waals surface area contributed by atoms with Gasteiger partial charge in [-0.1, -0.05) is 18.7 Å². The van der Waals surface area contributed by atoms with Crippen LogP contribution in [0, 0.1) is 6.92 Å². The van der Waals surface area contributed by atoms with Crippen LogP contribution in [0.3, 0.4) is 0 Å². The molecule has 1 aliphatic heterocycles. The topological polar surface area (TPSA) is 46.2 Å². The Bertz CT molecular complexity index is 974. The van der Waals surface area contributed by atoms with Gasteiger partial charge in [-0.15, -0.1) is 0 Å². The molecule has 0 bridgehead atoms. The average Bonchev–Trinajstić information content (AvgIpc) is 2.68. The van der Waals surface area contributed by atoms with Crippen LogP contribution in [0.4, 0.5) is 0 Å². The molecule has 0 N–H and O–H groups in total. The standard InChI is InChI=1S/C23H26O5/c1-12-14-9-8-10-16(24-5)18(14)22(26-7)19-17(12)20(25-6)13(2)15-11-27-23(3,4)28-21(15)19/h8-10,22H,1,11H2,2-7H3/t22-/m1/s1. The van der Waals surface area contributed by atoms with Crippen molar-refractivity contribution in [2.45, 2.75) is 39.3 Å². The Hall–Kier alpha value is -2.50. The van der Waals surface area contributed by atoms with E-state index in [9.17, 15) is 0 Å². The van der Waals surface area contributed by atoms with Gasteiger partial charge in [0.05, 0.1) is 20.8 Å². The minimum Gasteiger partial charge on any atom is -0.496 e. The second-order valence-electron chi connectivity index (χ2n) is 7.56. The molecule has 0 unspecified atom stereocenters. The summed E-state index contributed by atoms with van der Waals surface area (Å²) in [5, 5.41) is 0.